The molecule has 0 spiro atoms. The zero-order chi connectivity index (χ0) is 13.0. The summed E-state index contributed by atoms with van der Waals surface area (Å²) in [6.07, 6.45) is 0. The lowest BCUT2D eigenvalue weighted by molar-refractivity contribution is 0.423. The van der Waals surface area contributed by atoms with E-state index in [2.05, 4.69) is 50.1 Å². The minimum absolute atomic E-state index is 0.376. The van der Waals surface area contributed by atoms with E-state index in [1.54, 1.807) is 0 Å². The zero-order valence-corrected chi connectivity index (χ0v) is 11.7. The Hall–Kier alpha value is -1.10. The van der Waals surface area contributed by atoms with E-state index in [1.165, 1.54) is 0 Å². The molecule has 0 aliphatic carbocycles. The third-order valence-electron chi connectivity index (χ3n) is 3.00. The number of nitrogens with zero attached hydrogens (tertiary/aromatic N) is 3. The first-order valence-electron chi connectivity index (χ1n) is 6.20. The van der Waals surface area contributed by atoms with Crippen LogP contribution >= 0.6 is 0 Å². The van der Waals surface area contributed by atoms with Gasteiger partial charge in [-0.3, -0.25) is 0 Å². The molecule has 1 heterocycles. The summed E-state index contributed by atoms with van der Waals surface area (Å²) in [5.41, 5.74) is 0. The van der Waals surface area contributed by atoms with Crippen molar-refractivity contribution in [3.63, 3.8) is 0 Å². The molecular weight excluding hydrogens is 216 g/mol. The summed E-state index contributed by atoms with van der Waals surface area (Å²) in [5, 5.41) is 11.3. The Labute approximate surface area is 104 Å². The monoisotopic (exact) mass is 240 g/mol. The summed E-state index contributed by atoms with van der Waals surface area (Å²) in [5.74, 6) is 1.18. The highest BCUT2D eigenvalue weighted by molar-refractivity contribution is 5.24. The molecular formula is C12H24N4O. The molecule has 0 radical (unpaired) electrons. The van der Waals surface area contributed by atoms with Crippen LogP contribution in [0.25, 0.3) is 0 Å². The van der Waals surface area contributed by atoms with Crippen LogP contribution in [-0.2, 0) is 6.54 Å². The first-order valence-corrected chi connectivity index (χ1v) is 6.20. The molecule has 1 atom stereocenters. The molecule has 1 rings (SSSR count). The van der Waals surface area contributed by atoms with E-state index in [-0.39, 0.29) is 0 Å². The third-order valence-corrected chi connectivity index (χ3v) is 3.00. The Bertz CT molecular complexity index is 335. The molecule has 0 amide bonds. The lowest BCUT2D eigenvalue weighted by Gasteiger charge is -2.25. The van der Waals surface area contributed by atoms with Gasteiger partial charge in [-0.2, -0.15) is 0 Å². The minimum Gasteiger partial charge on any atom is -0.407 e. The highest BCUT2D eigenvalue weighted by Crippen LogP contribution is 2.17. The lowest BCUT2D eigenvalue weighted by atomic mass is 10.1. The molecule has 98 valence electrons. The number of rotatable bonds is 6. The van der Waals surface area contributed by atoms with Crippen LogP contribution in [0.15, 0.2) is 4.42 Å². The first kappa shape index (κ1) is 14.0. The molecule has 1 aromatic heterocycles. The standard InChI is InChI=1S/C12H24N4O/c1-8(2)10(5)16(6)12-15-14-11(17-12)7-13-9(3)4/h8-10,13H,7H2,1-6H3. The molecule has 0 fully saturated rings. The number of aromatic nitrogens is 2. The molecule has 5 nitrogen and oxygen atoms in total. The van der Waals surface area contributed by atoms with Gasteiger partial charge in [0, 0.05) is 19.1 Å². The van der Waals surface area contributed by atoms with Crippen molar-refractivity contribution >= 4 is 6.01 Å². The highest BCUT2D eigenvalue weighted by atomic mass is 16.4. The molecule has 1 aromatic rings. The fourth-order valence-electron chi connectivity index (χ4n) is 1.37. The molecule has 0 bridgehead atoms. The Morgan fingerprint density at radius 2 is 1.82 bits per heavy atom. The van der Waals surface area contributed by atoms with Crippen LogP contribution in [0.5, 0.6) is 0 Å². The number of nitrogens with one attached hydrogen (secondary N) is 1. The molecule has 0 aromatic carbocycles. The van der Waals surface area contributed by atoms with Crippen LogP contribution in [0, 0.1) is 5.92 Å². The number of hydrogen-bond donors (Lipinski definition) is 1. The molecule has 0 aliphatic heterocycles. The topological polar surface area (TPSA) is 54.2 Å². The second-order valence-corrected chi connectivity index (χ2v) is 5.11. The molecule has 1 unspecified atom stereocenters. The van der Waals surface area contributed by atoms with Gasteiger partial charge >= 0.3 is 6.01 Å². The van der Waals surface area contributed by atoms with Crippen LogP contribution in [0.1, 0.15) is 40.5 Å². The van der Waals surface area contributed by atoms with Gasteiger partial charge < -0.3 is 14.6 Å². The van der Waals surface area contributed by atoms with E-state index in [0.717, 1.165) is 0 Å². The van der Waals surface area contributed by atoms with Gasteiger partial charge in [-0.1, -0.05) is 32.8 Å². The van der Waals surface area contributed by atoms with Crippen LogP contribution in [0.2, 0.25) is 0 Å². The van der Waals surface area contributed by atoms with Gasteiger partial charge in [-0.05, 0) is 12.8 Å². The van der Waals surface area contributed by atoms with Gasteiger partial charge in [0.1, 0.15) is 0 Å². The van der Waals surface area contributed by atoms with Crippen LogP contribution in [-0.4, -0.2) is 29.3 Å². The van der Waals surface area contributed by atoms with Crippen molar-refractivity contribution in [1.82, 2.24) is 15.5 Å². The minimum atomic E-state index is 0.376. The maximum atomic E-state index is 5.61. The van der Waals surface area contributed by atoms with Crippen molar-refractivity contribution < 1.29 is 4.42 Å². The molecule has 17 heavy (non-hydrogen) atoms. The normalized spacial score (nSPS) is 13.4. The van der Waals surface area contributed by atoms with Crippen molar-refractivity contribution in [2.24, 2.45) is 5.92 Å². The smallest absolute Gasteiger partial charge is 0.318 e. The number of hydrogen-bond acceptors (Lipinski definition) is 5. The van der Waals surface area contributed by atoms with Crippen molar-refractivity contribution in [2.75, 3.05) is 11.9 Å². The van der Waals surface area contributed by atoms with Gasteiger partial charge in [0.15, 0.2) is 0 Å². The second kappa shape index (κ2) is 6.00. The fraction of sp³-hybridized carbons (Fsp3) is 0.833. The van der Waals surface area contributed by atoms with Gasteiger partial charge in [0.2, 0.25) is 5.89 Å². The summed E-state index contributed by atoms with van der Waals surface area (Å²) in [6, 6.07) is 1.38. The SMILES string of the molecule is CC(C)NCc1nnc(N(C)C(C)C(C)C)o1. The van der Waals surface area contributed by atoms with Gasteiger partial charge in [0.05, 0.1) is 6.54 Å². The maximum absolute atomic E-state index is 5.61. The maximum Gasteiger partial charge on any atom is 0.318 e. The van der Waals surface area contributed by atoms with E-state index in [4.69, 9.17) is 4.42 Å². The van der Waals surface area contributed by atoms with Crippen LogP contribution in [0.4, 0.5) is 6.01 Å². The molecule has 0 saturated heterocycles. The van der Waals surface area contributed by atoms with Crippen LogP contribution < -0.4 is 10.2 Å². The highest BCUT2D eigenvalue weighted by Gasteiger charge is 2.18. The molecule has 0 aliphatic rings. The largest absolute Gasteiger partial charge is 0.407 e. The molecule has 5 heteroatoms. The van der Waals surface area contributed by atoms with E-state index >= 15 is 0 Å². The third kappa shape index (κ3) is 4.00. The van der Waals surface area contributed by atoms with E-state index in [9.17, 15) is 0 Å². The first-order chi connectivity index (χ1) is 7.91. The second-order valence-electron chi connectivity index (χ2n) is 5.11. The molecule has 1 N–H and O–H groups in total. The van der Waals surface area contributed by atoms with Crippen molar-refractivity contribution in [3.05, 3.63) is 5.89 Å². The Balaban J connectivity index is 2.61. The van der Waals surface area contributed by atoms with E-state index in [0.29, 0.717) is 36.5 Å². The van der Waals surface area contributed by atoms with Crippen molar-refractivity contribution in [1.29, 1.82) is 0 Å². The van der Waals surface area contributed by atoms with Gasteiger partial charge in [-0.15, -0.1) is 5.10 Å². The summed E-state index contributed by atoms with van der Waals surface area (Å²) in [7, 11) is 1.98. The van der Waals surface area contributed by atoms with E-state index in [1.807, 2.05) is 11.9 Å². The quantitative estimate of drug-likeness (QED) is 0.824. The summed E-state index contributed by atoms with van der Waals surface area (Å²) < 4.78 is 5.61. The summed E-state index contributed by atoms with van der Waals surface area (Å²) in [4.78, 5) is 2.02. The fourth-order valence-corrected chi connectivity index (χ4v) is 1.37. The summed E-state index contributed by atoms with van der Waals surface area (Å²) in [6.45, 7) is 11.3. The predicted molar refractivity (Wildman–Crippen MR) is 69.0 cm³/mol. The average molecular weight is 240 g/mol. The van der Waals surface area contributed by atoms with E-state index < -0.39 is 0 Å². The Morgan fingerprint density at radius 3 is 2.35 bits per heavy atom. The van der Waals surface area contributed by atoms with Crippen molar-refractivity contribution in [2.45, 2.75) is 53.2 Å². The zero-order valence-electron chi connectivity index (χ0n) is 11.7. The lowest BCUT2D eigenvalue weighted by Crippen LogP contribution is -2.33. The Morgan fingerprint density at radius 1 is 1.18 bits per heavy atom. The number of anilines is 1. The molecule has 0 saturated carbocycles. The van der Waals surface area contributed by atoms with Gasteiger partial charge in [0.25, 0.3) is 0 Å². The Kier molecular flexibility index (Phi) is 4.93. The van der Waals surface area contributed by atoms with Gasteiger partial charge in [-0.25, -0.2) is 0 Å². The average Bonchev–Trinajstić information content (AvgIpc) is 2.72. The summed E-state index contributed by atoms with van der Waals surface area (Å²) >= 11 is 0. The predicted octanol–water partition coefficient (Wildman–Crippen LogP) is 2.05. The van der Waals surface area contributed by atoms with Crippen LogP contribution in [0.3, 0.4) is 0 Å². The van der Waals surface area contributed by atoms with Crippen molar-refractivity contribution in [3.8, 4) is 0 Å².